The van der Waals surface area contributed by atoms with Crippen molar-refractivity contribution in [2.24, 2.45) is 5.73 Å². The standard InChI is InChI=1S/C10H23NO/c1-3-4-5-6-7-10(2)12-9-8-11/h10H,3-9,11H2,1-2H3. The number of rotatable bonds is 8. The Kier molecular flexibility index (Phi) is 8.95. The van der Waals surface area contributed by atoms with Gasteiger partial charge in [0.05, 0.1) is 12.7 Å². The summed E-state index contributed by atoms with van der Waals surface area (Å²) in [5.41, 5.74) is 5.33. The second-order valence-electron chi connectivity index (χ2n) is 3.32. The van der Waals surface area contributed by atoms with Crippen molar-refractivity contribution in [1.82, 2.24) is 0 Å². The second-order valence-corrected chi connectivity index (χ2v) is 3.32. The first-order valence-corrected chi connectivity index (χ1v) is 5.13. The first-order chi connectivity index (χ1) is 5.81. The molecule has 0 saturated heterocycles. The summed E-state index contributed by atoms with van der Waals surface area (Å²) < 4.78 is 5.45. The van der Waals surface area contributed by atoms with Gasteiger partial charge in [-0.3, -0.25) is 0 Å². The highest BCUT2D eigenvalue weighted by Gasteiger charge is 1.99. The second kappa shape index (κ2) is 9.01. The Labute approximate surface area is 76.5 Å². The number of ether oxygens (including phenoxy) is 1. The minimum Gasteiger partial charge on any atom is -0.377 e. The van der Waals surface area contributed by atoms with Gasteiger partial charge in [0.15, 0.2) is 0 Å². The molecule has 1 unspecified atom stereocenters. The molecule has 0 aliphatic heterocycles. The average molecular weight is 173 g/mol. The molecule has 0 bridgehead atoms. The number of hydrogen-bond donors (Lipinski definition) is 1. The van der Waals surface area contributed by atoms with E-state index in [4.69, 9.17) is 10.5 Å². The van der Waals surface area contributed by atoms with Gasteiger partial charge in [0, 0.05) is 6.54 Å². The quantitative estimate of drug-likeness (QED) is 0.572. The van der Waals surface area contributed by atoms with Crippen molar-refractivity contribution in [2.75, 3.05) is 13.2 Å². The molecule has 0 fully saturated rings. The highest BCUT2D eigenvalue weighted by Crippen LogP contribution is 2.07. The van der Waals surface area contributed by atoms with E-state index in [9.17, 15) is 0 Å². The summed E-state index contributed by atoms with van der Waals surface area (Å²) >= 11 is 0. The fourth-order valence-electron chi connectivity index (χ4n) is 1.21. The largest absolute Gasteiger partial charge is 0.377 e. The van der Waals surface area contributed by atoms with Gasteiger partial charge < -0.3 is 10.5 Å². The third-order valence-electron chi connectivity index (χ3n) is 1.98. The van der Waals surface area contributed by atoms with E-state index in [1.807, 2.05) is 0 Å². The van der Waals surface area contributed by atoms with Gasteiger partial charge in [-0.15, -0.1) is 0 Å². The molecule has 0 rings (SSSR count). The highest BCUT2D eigenvalue weighted by molar-refractivity contribution is 4.51. The lowest BCUT2D eigenvalue weighted by atomic mass is 10.1. The van der Waals surface area contributed by atoms with Crippen molar-refractivity contribution < 1.29 is 4.74 Å². The number of hydrogen-bond acceptors (Lipinski definition) is 2. The molecule has 1 atom stereocenters. The molecule has 2 heteroatoms. The Morgan fingerprint density at radius 2 is 2.00 bits per heavy atom. The normalized spacial score (nSPS) is 13.2. The molecule has 0 aliphatic carbocycles. The van der Waals surface area contributed by atoms with Gasteiger partial charge in [0.25, 0.3) is 0 Å². The van der Waals surface area contributed by atoms with Gasteiger partial charge in [-0.1, -0.05) is 32.6 Å². The molecule has 0 aromatic heterocycles. The van der Waals surface area contributed by atoms with Gasteiger partial charge in [0.1, 0.15) is 0 Å². The van der Waals surface area contributed by atoms with E-state index in [1.54, 1.807) is 0 Å². The van der Waals surface area contributed by atoms with E-state index < -0.39 is 0 Å². The summed E-state index contributed by atoms with van der Waals surface area (Å²) in [4.78, 5) is 0. The van der Waals surface area contributed by atoms with Gasteiger partial charge in [0.2, 0.25) is 0 Å². The fourth-order valence-corrected chi connectivity index (χ4v) is 1.21. The van der Waals surface area contributed by atoms with Crippen LogP contribution in [0.15, 0.2) is 0 Å². The Hall–Kier alpha value is -0.0800. The summed E-state index contributed by atoms with van der Waals surface area (Å²) in [6, 6.07) is 0. The Bertz CT molecular complexity index is 85.9. The van der Waals surface area contributed by atoms with Crippen molar-refractivity contribution >= 4 is 0 Å². The monoisotopic (exact) mass is 173 g/mol. The van der Waals surface area contributed by atoms with Gasteiger partial charge >= 0.3 is 0 Å². The van der Waals surface area contributed by atoms with Gasteiger partial charge in [-0.25, -0.2) is 0 Å². The van der Waals surface area contributed by atoms with Crippen LogP contribution >= 0.6 is 0 Å². The highest BCUT2D eigenvalue weighted by atomic mass is 16.5. The SMILES string of the molecule is CCCCCCC(C)OCCN. The Balaban J connectivity index is 3.02. The van der Waals surface area contributed by atoms with E-state index in [2.05, 4.69) is 13.8 Å². The summed E-state index contributed by atoms with van der Waals surface area (Å²) in [6.07, 6.45) is 6.86. The zero-order valence-electron chi connectivity index (χ0n) is 8.51. The van der Waals surface area contributed by atoms with Crippen LogP contribution in [0.4, 0.5) is 0 Å². The summed E-state index contributed by atoms with van der Waals surface area (Å²) in [5, 5.41) is 0. The predicted octanol–water partition coefficient (Wildman–Crippen LogP) is 2.32. The van der Waals surface area contributed by atoms with Crippen LogP contribution in [0.1, 0.15) is 46.0 Å². The molecule has 2 N–H and O–H groups in total. The maximum absolute atomic E-state index is 5.45. The molecule has 0 aliphatic rings. The first kappa shape index (κ1) is 11.9. The van der Waals surface area contributed by atoms with E-state index in [0.717, 1.165) is 0 Å². The number of nitrogens with two attached hydrogens (primary N) is 1. The average Bonchev–Trinajstić information content (AvgIpc) is 2.09. The molecule has 0 spiro atoms. The minimum absolute atomic E-state index is 0.394. The van der Waals surface area contributed by atoms with Crippen LogP contribution in [0.3, 0.4) is 0 Å². The first-order valence-electron chi connectivity index (χ1n) is 5.13. The molecule has 0 amide bonds. The lowest BCUT2D eigenvalue weighted by Gasteiger charge is -2.11. The fraction of sp³-hybridized carbons (Fsp3) is 1.00. The van der Waals surface area contributed by atoms with Crippen molar-refractivity contribution in [2.45, 2.75) is 52.1 Å². The Morgan fingerprint density at radius 3 is 2.58 bits per heavy atom. The third kappa shape index (κ3) is 8.02. The molecule has 0 saturated carbocycles. The molecular weight excluding hydrogens is 150 g/mol. The van der Waals surface area contributed by atoms with Crippen molar-refractivity contribution in [1.29, 1.82) is 0 Å². The van der Waals surface area contributed by atoms with Crippen LogP contribution in [-0.4, -0.2) is 19.3 Å². The third-order valence-corrected chi connectivity index (χ3v) is 1.98. The maximum Gasteiger partial charge on any atom is 0.0592 e. The van der Waals surface area contributed by atoms with E-state index >= 15 is 0 Å². The van der Waals surface area contributed by atoms with Crippen molar-refractivity contribution in [3.63, 3.8) is 0 Å². The molecule has 0 heterocycles. The lowest BCUT2D eigenvalue weighted by Crippen LogP contribution is -2.15. The smallest absolute Gasteiger partial charge is 0.0592 e. The van der Waals surface area contributed by atoms with Gasteiger partial charge in [-0.05, 0) is 13.3 Å². The van der Waals surface area contributed by atoms with Crippen LogP contribution in [0, 0.1) is 0 Å². The predicted molar refractivity (Wildman–Crippen MR) is 53.2 cm³/mol. The molecular formula is C10H23NO. The van der Waals surface area contributed by atoms with Crippen LogP contribution in [0.25, 0.3) is 0 Å². The topological polar surface area (TPSA) is 35.2 Å². The van der Waals surface area contributed by atoms with Crippen LogP contribution in [-0.2, 0) is 4.74 Å². The molecule has 0 aromatic rings. The van der Waals surface area contributed by atoms with Crippen molar-refractivity contribution in [3.8, 4) is 0 Å². The minimum atomic E-state index is 0.394. The molecule has 0 aromatic carbocycles. The summed E-state index contributed by atoms with van der Waals surface area (Å²) in [7, 11) is 0. The van der Waals surface area contributed by atoms with E-state index in [0.29, 0.717) is 19.3 Å². The van der Waals surface area contributed by atoms with Crippen molar-refractivity contribution in [3.05, 3.63) is 0 Å². The number of unbranched alkanes of at least 4 members (excludes halogenated alkanes) is 3. The molecule has 0 radical (unpaired) electrons. The molecule has 2 nitrogen and oxygen atoms in total. The molecule has 12 heavy (non-hydrogen) atoms. The van der Waals surface area contributed by atoms with E-state index in [-0.39, 0.29) is 0 Å². The van der Waals surface area contributed by atoms with Crippen LogP contribution in [0.5, 0.6) is 0 Å². The molecule has 74 valence electrons. The lowest BCUT2D eigenvalue weighted by molar-refractivity contribution is 0.0641. The van der Waals surface area contributed by atoms with Gasteiger partial charge in [-0.2, -0.15) is 0 Å². The zero-order valence-corrected chi connectivity index (χ0v) is 8.51. The Morgan fingerprint density at radius 1 is 1.25 bits per heavy atom. The van der Waals surface area contributed by atoms with E-state index in [1.165, 1.54) is 32.1 Å². The van der Waals surface area contributed by atoms with Crippen LogP contribution in [0.2, 0.25) is 0 Å². The summed E-state index contributed by atoms with van der Waals surface area (Å²) in [6.45, 7) is 5.70. The van der Waals surface area contributed by atoms with Crippen LogP contribution < -0.4 is 5.73 Å². The maximum atomic E-state index is 5.45. The zero-order chi connectivity index (χ0) is 9.23. The summed E-state index contributed by atoms with van der Waals surface area (Å²) in [5.74, 6) is 0.